The first-order valence-corrected chi connectivity index (χ1v) is 6.68. The molecule has 1 atom stereocenters. The molecule has 1 unspecified atom stereocenters. The van der Waals surface area contributed by atoms with Gasteiger partial charge in [0.1, 0.15) is 6.54 Å². The van der Waals surface area contributed by atoms with Crippen molar-refractivity contribution in [2.45, 2.75) is 19.4 Å². The van der Waals surface area contributed by atoms with Crippen molar-refractivity contribution in [3.8, 4) is 0 Å². The molecule has 1 aromatic heterocycles. The lowest BCUT2D eigenvalue weighted by atomic mass is 10.0. The summed E-state index contributed by atoms with van der Waals surface area (Å²) in [5.41, 5.74) is 1.18. The van der Waals surface area contributed by atoms with Gasteiger partial charge in [-0.2, -0.15) is 0 Å². The lowest BCUT2D eigenvalue weighted by Crippen LogP contribution is -2.46. The van der Waals surface area contributed by atoms with E-state index in [1.807, 2.05) is 18.4 Å². The number of aliphatic carboxylic acids is 1. The molecular weight excluding hydrogens is 252 g/mol. The van der Waals surface area contributed by atoms with Gasteiger partial charge in [-0.3, -0.25) is 4.79 Å². The molecule has 6 heteroatoms. The second kappa shape index (κ2) is 4.97. The van der Waals surface area contributed by atoms with Crippen LogP contribution in [0.25, 0.3) is 0 Å². The van der Waals surface area contributed by atoms with Crippen LogP contribution in [0.1, 0.15) is 23.4 Å². The van der Waals surface area contributed by atoms with Crippen LogP contribution in [0, 0.1) is 0 Å². The molecule has 18 heavy (non-hydrogen) atoms. The van der Waals surface area contributed by atoms with Crippen molar-refractivity contribution in [1.29, 1.82) is 0 Å². The second-order valence-electron chi connectivity index (χ2n) is 4.45. The molecule has 2 heterocycles. The highest BCUT2D eigenvalue weighted by atomic mass is 32.1. The zero-order valence-corrected chi connectivity index (χ0v) is 11.2. The van der Waals surface area contributed by atoms with Gasteiger partial charge in [0.15, 0.2) is 0 Å². The van der Waals surface area contributed by atoms with Crippen LogP contribution in [0.15, 0.2) is 11.4 Å². The fourth-order valence-electron chi connectivity index (χ4n) is 2.26. The largest absolute Gasteiger partial charge is 0.480 e. The van der Waals surface area contributed by atoms with Crippen molar-refractivity contribution in [2.75, 3.05) is 20.1 Å². The lowest BCUT2D eigenvalue weighted by Gasteiger charge is -2.35. The summed E-state index contributed by atoms with van der Waals surface area (Å²) >= 11 is 1.72. The summed E-state index contributed by atoms with van der Waals surface area (Å²) in [6.45, 7) is 2.37. The van der Waals surface area contributed by atoms with Gasteiger partial charge < -0.3 is 14.9 Å². The Morgan fingerprint density at radius 3 is 3.00 bits per heavy atom. The summed E-state index contributed by atoms with van der Waals surface area (Å²) in [6, 6.07) is 1.84. The topological polar surface area (TPSA) is 60.9 Å². The molecule has 0 fully saturated rings. The first-order valence-electron chi connectivity index (χ1n) is 5.80. The molecule has 0 radical (unpaired) electrons. The summed E-state index contributed by atoms with van der Waals surface area (Å²) < 4.78 is 0. The Kier molecular flexibility index (Phi) is 3.56. The van der Waals surface area contributed by atoms with Crippen LogP contribution < -0.4 is 0 Å². The number of nitrogens with zero attached hydrogens (tertiary/aromatic N) is 2. The van der Waals surface area contributed by atoms with Crippen molar-refractivity contribution in [2.24, 2.45) is 0 Å². The van der Waals surface area contributed by atoms with E-state index in [1.165, 1.54) is 22.4 Å². The van der Waals surface area contributed by atoms with E-state index >= 15 is 0 Å². The number of likely N-dealkylation sites (N-methyl/N-ethyl adjacent to an activating group) is 1. The van der Waals surface area contributed by atoms with Crippen molar-refractivity contribution in [3.63, 3.8) is 0 Å². The van der Waals surface area contributed by atoms with Gasteiger partial charge in [-0.15, -0.1) is 11.3 Å². The minimum atomic E-state index is -0.994. The van der Waals surface area contributed by atoms with E-state index < -0.39 is 5.97 Å². The summed E-state index contributed by atoms with van der Waals surface area (Å²) in [7, 11) is 1.52. The van der Waals surface area contributed by atoms with Gasteiger partial charge in [-0.05, 0) is 30.4 Å². The third-order valence-corrected chi connectivity index (χ3v) is 4.22. The van der Waals surface area contributed by atoms with Crippen molar-refractivity contribution < 1.29 is 14.7 Å². The highest BCUT2D eigenvalue weighted by Gasteiger charge is 2.30. The van der Waals surface area contributed by atoms with E-state index in [-0.39, 0.29) is 18.6 Å². The fourth-order valence-corrected chi connectivity index (χ4v) is 3.22. The molecule has 2 amide bonds. The standard InChI is InChI=1S/C12H16N2O3S/c1-8-9-4-6-18-10(9)3-5-14(8)12(17)13(2)7-11(15)16/h4,6,8H,3,5,7H2,1-2H3,(H,15,16). The number of carboxylic acids is 1. The zero-order chi connectivity index (χ0) is 13.3. The average molecular weight is 268 g/mol. The van der Waals surface area contributed by atoms with Gasteiger partial charge in [0, 0.05) is 18.5 Å². The van der Waals surface area contributed by atoms with Gasteiger partial charge in [0.25, 0.3) is 0 Å². The monoisotopic (exact) mass is 268 g/mol. The Bertz CT molecular complexity index is 472. The molecule has 98 valence electrons. The normalized spacial score (nSPS) is 18.3. The second-order valence-corrected chi connectivity index (χ2v) is 5.45. The number of thiophene rings is 1. The maximum atomic E-state index is 12.2. The molecule has 0 spiro atoms. The molecule has 1 aliphatic rings. The fraction of sp³-hybridized carbons (Fsp3) is 0.500. The van der Waals surface area contributed by atoms with Crippen molar-refractivity contribution >= 4 is 23.3 Å². The van der Waals surface area contributed by atoms with Crippen LogP contribution in [-0.4, -0.2) is 47.0 Å². The highest BCUT2D eigenvalue weighted by molar-refractivity contribution is 7.10. The maximum Gasteiger partial charge on any atom is 0.323 e. The quantitative estimate of drug-likeness (QED) is 0.889. The van der Waals surface area contributed by atoms with E-state index in [4.69, 9.17) is 5.11 Å². The first kappa shape index (κ1) is 12.9. The minimum absolute atomic E-state index is 0.0174. The van der Waals surface area contributed by atoms with E-state index in [9.17, 15) is 9.59 Å². The number of urea groups is 1. The SMILES string of the molecule is CC1c2ccsc2CCN1C(=O)N(C)CC(=O)O. The zero-order valence-electron chi connectivity index (χ0n) is 10.4. The molecular formula is C12H16N2O3S. The Morgan fingerprint density at radius 2 is 2.33 bits per heavy atom. The van der Waals surface area contributed by atoms with E-state index in [1.54, 1.807) is 16.2 Å². The highest BCUT2D eigenvalue weighted by Crippen LogP contribution is 2.33. The van der Waals surface area contributed by atoms with Crippen LogP contribution >= 0.6 is 11.3 Å². The smallest absolute Gasteiger partial charge is 0.323 e. The summed E-state index contributed by atoms with van der Waals surface area (Å²) in [5, 5.41) is 10.7. The average Bonchev–Trinajstić information content (AvgIpc) is 2.76. The number of carbonyl (C=O) groups is 2. The number of carboxylic acid groups (broad SMARTS) is 1. The minimum Gasteiger partial charge on any atom is -0.480 e. The summed E-state index contributed by atoms with van der Waals surface area (Å²) in [4.78, 5) is 27.1. The van der Waals surface area contributed by atoms with E-state index in [0.29, 0.717) is 6.54 Å². The van der Waals surface area contributed by atoms with Crippen LogP contribution in [0.2, 0.25) is 0 Å². The number of carbonyl (C=O) groups excluding carboxylic acids is 1. The Hall–Kier alpha value is -1.56. The van der Waals surface area contributed by atoms with Gasteiger partial charge in [0.2, 0.25) is 0 Å². The lowest BCUT2D eigenvalue weighted by molar-refractivity contribution is -0.137. The number of amides is 2. The van der Waals surface area contributed by atoms with Gasteiger partial charge in [0.05, 0.1) is 6.04 Å². The number of fused-ring (bicyclic) bond motifs is 1. The van der Waals surface area contributed by atoms with Gasteiger partial charge >= 0.3 is 12.0 Å². The van der Waals surface area contributed by atoms with E-state index in [2.05, 4.69) is 0 Å². The molecule has 2 rings (SSSR count). The number of rotatable bonds is 2. The predicted octanol–water partition coefficient (Wildman–Crippen LogP) is 1.80. The van der Waals surface area contributed by atoms with Crippen molar-refractivity contribution in [1.82, 2.24) is 9.80 Å². The number of hydrogen-bond donors (Lipinski definition) is 1. The first-order chi connectivity index (χ1) is 8.50. The summed E-state index contributed by atoms with van der Waals surface area (Å²) in [6.07, 6.45) is 0.851. The molecule has 1 aromatic rings. The van der Waals surface area contributed by atoms with Crippen LogP contribution in [0.5, 0.6) is 0 Å². The Balaban J connectivity index is 2.11. The summed E-state index contributed by atoms with van der Waals surface area (Å²) in [5.74, 6) is -0.994. The molecule has 0 aliphatic carbocycles. The van der Waals surface area contributed by atoms with Crippen molar-refractivity contribution in [3.05, 3.63) is 21.9 Å². The van der Waals surface area contributed by atoms with Crippen LogP contribution in [0.3, 0.4) is 0 Å². The van der Waals surface area contributed by atoms with Crippen LogP contribution in [-0.2, 0) is 11.2 Å². The maximum absolute atomic E-state index is 12.2. The van der Waals surface area contributed by atoms with E-state index in [0.717, 1.165) is 6.42 Å². The Labute approximate surface area is 110 Å². The third-order valence-electron chi connectivity index (χ3n) is 3.22. The Morgan fingerprint density at radius 1 is 1.61 bits per heavy atom. The molecule has 0 saturated carbocycles. The third kappa shape index (κ3) is 2.33. The predicted molar refractivity (Wildman–Crippen MR) is 68.8 cm³/mol. The molecule has 0 aromatic carbocycles. The van der Waals surface area contributed by atoms with Crippen LogP contribution in [0.4, 0.5) is 4.79 Å². The van der Waals surface area contributed by atoms with Gasteiger partial charge in [-0.1, -0.05) is 0 Å². The number of hydrogen-bond acceptors (Lipinski definition) is 3. The molecule has 5 nitrogen and oxygen atoms in total. The van der Waals surface area contributed by atoms with Gasteiger partial charge in [-0.25, -0.2) is 4.79 Å². The molecule has 0 bridgehead atoms. The molecule has 0 saturated heterocycles. The molecule has 1 N–H and O–H groups in total. The molecule has 1 aliphatic heterocycles.